The van der Waals surface area contributed by atoms with Crippen molar-refractivity contribution in [1.29, 1.82) is 0 Å². The third-order valence-electron chi connectivity index (χ3n) is 6.46. The molecule has 0 amide bonds. The highest BCUT2D eigenvalue weighted by Crippen LogP contribution is 2.64. The normalized spacial score (nSPS) is 22.6. The summed E-state index contributed by atoms with van der Waals surface area (Å²) in [6.45, 7) is 0. The molecular weight excluding hydrogens is 396 g/mol. The van der Waals surface area contributed by atoms with Crippen molar-refractivity contribution >= 4 is 23.3 Å². The van der Waals surface area contributed by atoms with E-state index in [1.807, 2.05) is 36.4 Å². The monoisotopic (exact) mass is 412 g/mol. The van der Waals surface area contributed by atoms with Crippen molar-refractivity contribution in [3.63, 3.8) is 0 Å². The van der Waals surface area contributed by atoms with E-state index < -0.39 is 39.9 Å². The van der Waals surface area contributed by atoms with Crippen LogP contribution in [-0.4, -0.2) is 30.6 Å². The first kappa shape index (κ1) is 17.5. The highest BCUT2D eigenvalue weighted by atomic mass is 16.3. The van der Waals surface area contributed by atoms with Gasteiger partial charge in [-0.1, -0.05) is 42.5 Å². The van der Waals surface area contributed by atoms with E-state index in [1.54, 1.807) is 18.2 Å². The number of rotatable bonds is 0. The first-order valence-corrected chi connectivity index (χ1v) is 9.65. The van der Waals surface area contributed by atoms with Gasteiger partial charge in [-0.05, 0) is 51.6 Å². The third-order valence-corrected chi connectivity index (χ3v) is 6.46. The topological polar surface area (TPSA) is 121 Å². The van der Waals surface area contributed by atoms with Crippen LogP contribution in [-0.2, 0) is 0 Å². The summed E-state index contributed by atoms with van der Waals surface area (Å²) in [6, 6.07) is 9.01. The predicted molar refractivity (Wildman–Crippen MR) is 115 cm³/mol. The summed E-state index contributed by atoms with van der Waals surface area (Å²) < 4.78 is 0. The standard InChI is InChI=1S/C25H16O6/c26-17-10-12-9-16-19(18(12)21(28)20(17)27)22(29)23(30)24(31)25(16)7-3-6-14-13-5-2-1-4-11(13)8-15(14)25/h1-10,26-31H. The Morgan fingerprint density at radius 2 is 1.48 bits per heavy atom. The maximum Gasteiger partial charge on any atom is 0.200 e. The number of aliphatic hydroxyl groups excluding tert-OH is 3. The molecule has 31 heavy (non-hydrogen) atoms. The molecule has 0 saturated carbocycles. The van der Waals surface area contributed by atoms with Gasteiger partial charge in [-0.25, -0.2) is 0 Å². The van der Waals surface area contributed by atoms with E-state index in [1.165, 1.54) is 6.07 Å². The Morgan fingerprint density at radius 1 is 0.742 bits per heavy atom. The lowest BCUT2D eigenvalue weighted by molar-refractivity contribution is 0.245. The Kier molecular flexibility index (Phi) is 3.07. The quantitative estimate of drug-likeness (QED) is 0.344. The van der Waals surface area contributed by atoms with Crippen LogP contribution in [0.4, 0.5) is 0 Å². The number of phenols is 3. The summed E-state index contributed by atoms with van der Waals surface area (Å²) in [6.07, 6.45) is 8.97. The number of hydrogen-bond acceptors (Lipinski definition) is 6. The Bertz CT molecular complexity index is 1430. The molecule has 1 unspecified atom stereocenters. The predicted octanol–water partition coefficient (Wildman–Crippen LogP) is 4.85. The van der Waals surface area contributed by atoms with E-state index >= 15 is 0 Å². The lowest BCUT2D eigenvalue weighted by Crippen LogP contribution is -2.32. The van der Waals surface area contributed by atoms with Gasteiger partial charge in [0.05, 0.1) is 0 Å². The van der Waals surface area contributed by atoms with Crippen LogP contribution in [0.2, 0.25) is 0 Å². The molecule has 6 N–H and O–H groups in total. The van der Waals surface area contributed by atoms with Gasteiger partial charge in [0.2, 0.25) is 5.75 Å². The van der Waals surface area contributed by atoms with Gasteiger partial charge in [-0.3, -0.25) is 0 Å². The molecule has 0 radical (unpaired) electrons. The molecule has 0 aromatic heterocycles. The summed E-state index contributed by atoms with van der Waals surface area (Å²) in [5, 5.41) is 63.2. The third kappa shape index (κ3) is 1.87. The molecule has 6 heteroatoms. The van der Waals surface area contributed by atoms with Crippen LogP contribution in [0.15, 0.2) is 77.0 Å². The van der Waals surface area contributed by atoms with Gasteiger partial charge in [-0.2, -0.15) is 0 Å². The maximum atomic E-state index is 11.2. The molecule has 0 saturated heterocycles. The Hall–Kier alpha value is -4.32. The number of hydrogen-bond donors (Lipinski definition) is 6. The van der Waals surface area contributed by atoms with E-state index in [4.69, 9.17) is 0 Å². The molecule has 1 spiro atoms. The van der Waals surface area contributed by atoms with E-state index in [0.29, 0.717) is 16.7 Å². The summed E-state index contributed by atoms with van der Waals surface area (Å²) >= 11 is 0. The van der Waals surface area contributed by atoms with E-state index in [9.17, 15) is 30.6 Å². The van der Waals surface area contributed by atoms with Crippen molar-refractivity contribution in [3.8, 4) is 17.2 Å². The first-order chi connectivity index (χ1) is 14.9. The van der Waals surface area contributed by atoms with Gasteiger partial charge < -0.3 is 30.6 Å². The molecule has 6 rings (SSSR count). The lowest BCUT2D eigenvalue weighted by atomic mass is 9.63. The van der Waals surface area contributed by atoms with Gasteiger partial charge in [0, 0.05) is 11.1 Å². The zero-order chi connectivity index (χ0) is 21.7. The van der Waals surface area contributed by atoms with Crippen LogP contribution >= 0.6 is 0 Å². The molecule has 0 aliphatic heterocycles. The molecule has 2 aromatic rings. The second-order valence-corrected chi connectivity index (χ2v) is 7.93. The smallest absolute Gasteiger partial charge is 0.200 e. The van der Waals surface area contributed by atoms with Crippen LogP contribution in [0.1, 0.15) is 22.3 Å². The summed E-state index contributed by atoms with van der Waals surface area (Å²) in [5.41, 5.74) is 3.08. The minimum Gasteiger partial charge on any atom is -0.507 e. The average Bonchev–Trinajstić information content (AvgIpc) is 3.34. The van der Waals surface area contributed by atoms with Crippen LogP contribution < -0.4 is 0 Å². The van der Waals surface area contributed by atoms with Gasteiger partial charge in [0.15, 0.2) is 28.8 Å². The second-order valence-electron chi connectivity index (χ2n) is 7.93. The Labute approximate surface area is 176 Å². The van der Waals surface area contributed by atoms with E-state index in [0.717, 1.165) is 16.7 Å². The fraction of sp³-hybridized carbons (Fsp3) is 0.0400. The van der Waals surface area contributed by atoms with Crippen molar-refractivity contribution in [3.05, 3.63) is 99.2 Å². The Balaban J connectivity index is 1.68. The fourth-order valence-corrected chi connectivity index (χ4v) is 5.08. The minimum atomic E-state index is -1.33. The van der Waals surface area contributed by atoms with Crippen LogP contribution in [0.3, 0.4) is 0 Å². The average molecular weight is 412 g/mol. The number of phenolic OH excluding ortho intramolecular Hbond substituents is 3. The molecule has 0 fully saturated rings. The second kappa shape index (κ2) is 5.43. The molecule has 0 heterocycles. The van der Waals surface area contributed by atoms with Crippen LogP contribution in [0, 0.1) is 5.41 Å². The van der Waals surface area contributed by atoms with Gasteiger partial charge in [0.25, 0.3) is 0 Å². The highest BCUT2D eigenvalue weighted by molar-refractivity contribution is 6.07. The maximum absolute atomic E-state index is 11.2. The molecule has 1 atom stereocenters. The SMILES string of the molecule is OC1=C2C(=Cc3cc(O)c(O)c(O)c32)C2(C=CC=C3C2=Cc2ccccc23)C(O)=C1O. The first-order valence-electron chi connectivity index (χ1n) is 9.65. The summed E-state index contributed by atoms with van der Waals surface area (Å²) in [5.74, 6) is -3.64. The minimum absolute atomic E-state index is 0.0711. The molecule has 152 valence electrons. The molecule has 6 nitrogen and oxygen atoms in total. The highest BCUT2D eigenvalue weighted by Gasteiger charge is 2.53. The number of benzene rings is 2. The van der Waals surface area contributed by atoms with Crippen molar-refractivity contribution in [2.45, 2.75) is 0 Å². The largest absolute Gasteiger partial charge is 0.507 e. The van der Waals surface area contributed by atoms with Crippen molar-refractivity contribution in [1.82, 2.24) is 0 Å². The van der Waals surface area contributed by atoms with Gasteiger partial charge in [0.1, 0.15) is 5.41 Å². The molecule has 4 aliphatic rings. The summed E-state index contributed by atoms with van der Waals surface area (Å²) in [7, 11) is 0. The van der Waals surface area contributed by atoms with Crippen molar-refractivity contribution in [2.75, 3.05) is 0 Å². The number of fused-ring (bicyclic) bond motifs is 8. The van der Waals surface area contributed by atoms with Crippen molar-refractivity contribution in [2.24, 2.45) is 5.41 Å². The van der Waals surface area contributed by atoms with Crippen molar-refractivity contribution < 1.29 is 30.6 Å². The zero-order valence-electron chi connectivity index (χ0n) is 16.0. The van der Waals surface area contributed by atoms with Crippen LogP contribution in [0.5, 0.6) is 17.2 Å². The molecule has 2 aromatic carbocycles. The molecular formula is C25H16O6. The van der Waals surface area contributed by atoms with E-state index in [2.05, 4.69) is 0 Å². The fourth-order valence-electron chi connectivity index (χ4n) is 5.08. The molecule has 0 bridgehead atoms. The van der Waals surface area contributed by atoms with Gasteiger partial charge in [-0.15, -0.1) is 0 Å². The number of aliphatic hydroxyl groups is 3. The number of aromatic hydroxyl groups is 3. The van der Waals surface area contributed by atoms with Gasteiger partial charge >= 0.3 is 0 Å². The number of allylic oxidation sites excluding steroid dienone is 5. The summed E-state index contributed by atoms with van der Waals surface area (Å²) in [4.78, 5) is 0. The zero-order valence-corrected chi connectivity index (χ0v) is 16.0. The van der Waals surface area contributed by atoms with Crippen LogP contribution in [0.25, 0.3) is 23.3 Å². The molecule has 4 aliphatic carbocycles. The Morgan fingerprint density at radius 3 is 2.29 bits per heavy atom. The lowest BCUT2D eigenvalue weighted by Gasteiger charge is -2.39. The van der Waals surface area contributed by atoms with E-state index in [-0.39, 0.29) is 11.1 Å².